The molecule has 0 unspecified atom stereocenters. The number of likely N-dealkylation sites (N-methyl/N-ethyl adjacent to an activating group) is 1. The number of benzene rings is 2. The molecule has 1 heterocycles. The average Bonchev–Trinajstić information content (AvgIpc) is 3.09. The lowest BCUT2D eigenvalue weighted by Gasteiger charge is -2.26. The van der Waals surface area contributed by atoms with Gasteiger partial charge in [-0.2, -0.15) is 0 Å². The van der Waals surface area contributed by atoms with Crippen molar-refractivity contribution < 1.29 is 19.2 Å². The molecule has 4 atom stereocenters. The van der Waals surface area contributed by atoms with E-state index in [0.717, 1.165) is 11.3 Å². The molecule has 0 saturated heterocycles. The fraction of sp³-hybridized carbons (Fsp3) is 0.432. The molecule has 0 aliphatic carbocycles. The number of pyridine rings is 1. The van der Waals surface area contributed by atoms with Gasteiger partial charge in [-0.05, 0) is 76.7 Å². The first-order chi connectivity index (χ1) is 23.8. The van der Waals surface area contributed by atoms with E-state index in [2.05, 4.69) is 31.6 Å². The van der Waals surface area contributed by atoms with Crippen molar-refractivity contribution in [3.63, 3.8) is 0 Å². The topological polar surface area (TPSA) is 148 Å². The first-order valence-corrected chi connectivity index (χ1v) is 17.6. The number of amides is 4. The van der Waals surface area contributed by atoms with Gasteiger partial charge in [0.1, 0.15) is 6.04 Å². The van der Waals surface area contributed by atoms with Gasteiger partial charge in [0, 0.05) is 73.4 Å². The monoisotopic (exact) mass is 704 g/mol. The highest BCUT2D eigenvalue weighted by Crippen LogP contribution is 2.25. The Morgan fingerprint density at radius 3 is 2.02 bits per heavy atom. The lowest BCUT2D eigenvalue weighted by molar-refractivity contribution is -0.130. The second kappa shape index (κ2) is 19.7. The van der Waals surface area contributed by atoms with Gasteiger partial charge in [0.05, 0.1) is 12.1 Å². The number of rotatable bonds is 18. The molecule has 0 radical (unpaired) electrons. The molecule has 0 aliphatic rings. The Morgan fingerprint density at radius 2 is 1.44 bits per heavy atom. The number of nitrogens with zero attached hydrogens (tertiary/aromatic N) is 3. The molecule has 0 aliphatic heterocycles. The van der Waals surface area contributed by atoms with Crippen molar-refractivity contribution in [3.05, 3.63) is 95.3 Å². The Bertz CT molecular complexity index is 1560. The van der Waals surface area contributed by atoms with Crippen molar-refractivity contribution >= 4 is 41.5 Å². The lowest BCUT2D eigenvalue weighted by atomic mass is 10.0. The molecule has 0 spiro atoms. The highest BCUT2D eigenvalue weighted by molar-refractivity contribution is 7.98. The quantitative estimate of drug-likeness (QED) is 0.125. The summed E-state index contributed by atoms with van der Waals surface area (Å²) in [6.45, 7) is 9.92. The van der Waals surface area contributed by atoms with Gasteiger partial charge in [-0.1, -0.05) is 50.2 Å². The van der Waals surface area contributed by atoms with E-state index in [1.807, 2.05) is 106 Å². The minimum atomic E-state index is -0.672. The lowest BCUT2D eigenvalue weighted by Crippen LogP contribution is -2.55. The molecule has 4 amide bonds. The van der Waals surface area contributed by atoms with Crippen molar-refractivity contribution in [3.8, 4) is 0 Å². The highest BCUT2D eigenvalue weighted by Gasteiger charge is 2.27. The molecule has 5 N–H and O–H groups in total. The third-order valence-corrected chi connectivity index (χ3v) is 8.70. The maximum absolute atomic E-state index is 13.9. The predicted molar refractivity (Wildman–Crippen MR) is 201 cm³/mol. The first kappa shape index (κ1) is 40.0. The van der Waals surface area contributed by atoms with Crippen LogP contribution in [-0.4, -0.2) is 85.3 Å². The molecule has 0 fully saturated rings. The van der Waals surface area contributed by atoms with Crippen molar-refractivity contribution in [2.75, 3.05) is 38.5 Å². The number of hydrogen-bond donors (Lipinski definition) is 5. The summed E-state index contributed by atoms with van der Waals surface area (Å²) in [6.07, 6.45) is 2.08. The van der Waals surface area contributed by atoms with E-state index in [1.54, 1.807) is 31.3 Å². The fourth-order valence-corrected chi connectivity index (χ4v) is 5.87. The van der Waals surface area contributed by atoms with Crippen molar-refractivity contribution in [2.45, 2.75) is 65.2 Å². The fourth-order valence-electron chi connectivity index (χ4n) is 5.18. The van der Waals surface area contributed by atoms with Gasteiger partial charge in [0.15, 0.2) is 0 Å². The summed E-state index contributed by atoms with van der Waals surface area (Å²) in [6, 6.07) is 18.3. The van der Waals surface area contributed by atoms with E-state index in [9.17, 15) is 19.2 Å². The van der Waals surface area contributed by atoms with Crippen molar-refractivity contribution in [1.82, 2.24) is 35.9 Å². The maximum atomic E-state index is 13.9. The largest absolute Gasteiger partial charge is 0.355 e. The van der Waals surface area contributed by atoms with Gasteiger partial charge in [-0.25, -0.2) is 4.31 Å². The van der Waals surface area contributed by atoms with Gasteiger partial charge >= 0.3 is 0 Å². The smallest absolute Gasteiger partial charge is 0.251 e. The summed E-state index contributed by atoms with van der Waals surface area (Å²) < 4.78 is 3.79. The van der Waals surface area contributed by atoms with Crippen LogP contribution in [0.25, 0.3) is 0 Å². The van der Waals surface area contributed by atoms with Gasteiger partial charge in [-0.15, -0.1) is 0 Å². The van der Waals surface area contributed by atoms with Crippen LogP contribution in [0.3, 0.4) is 0 Å². The zero-order valence-corrected chi connectivity index (χ0v) is 31.1. The molecule has 12 nitrogen and oxygen atoms in total. The van der Waals surface area contributed by atoms with Crippen LogP contribution >= 0.6 is 12.1 Å². The summed E-state index contributed by atoms with van der Waals surface area (Å²) in [5.41, 5.74) is 3.05. The zero-order valence-electron chi connectivity index (χ0n) is 30.3. The van der Waals surface area contributed by atoms with Crippen LogP contribution in [-0.2, 0) is 16.0 Å². The third kappa shape index (κ3) is 12.5. The normalized spacial score (nSPS) is 13.6. The Morgan fingerprint density at radius 1 is 0.800 bits per heavy atom. The summed E-state index contributed by atoms with van der Waals surface area (Å²) in [5, 5.41) is 15.0. The molecule has 50 heavy (non-hydrogen) atoms. The molecule has 0 saturated carbocycles. The van der Waals surface area contributed by atoms with Crippen LogP contribution in [0.4, 0.5) is 5.69 Å². The maximum Gasteiger partial charge on any atom is 0.251 e. The van der Waals surface area contributed by atoms with Gasteiger partial charge < -0.3 is 30.9 Å². The molecule has 1 aromatic heterocycles. The summed E-state index contributed by atoms with van der Waals surface area (Å²) in [7, 11) is 5.69. The van der Waals surface area contributed by atoms with E-state index >= 15 is 0 Å². The minimum absolute atomic E-state index is 0.103. The van der Waals surface area contributed by atoms with Crippen LogP contribution in [0, 0.1) is 5.92 Å². The van der Waals surface area contributed by atoms with Gasteiger partial charge in [-0.3, -0.25) is 24.2 Å². The van der Waals surface area contributed by atoms with E-state index < -0.39 is 18.1 Å². The molecule has 0 bridgehead atoms. The summed E-state index contributed by atoms with van der Waals surface area (Å²) >= 11 is 1.42. The van der Waals surface area contributed by atoms with E-state index in [4.69, 9.17) is 0 Å². The number of anilines is 1. The third-order valence-electron chi connectivity index (χ3n) is 7.92. The average molecular weight is 705 g/mol. The number of aromatic nitrogens is 1. The number of carbonyl (C=O) groups is 4. The van der Waals surface area contributed by atoms with Crippen molar-refractivity contribution in [1.29, 1.82) is 0 Å². The number of carbonyl (C=O) groups excluding carboxylic acids is 4. The van der Waals surface area contributed by atoms with Crippen LogP contribution < -0.4 is 30.9 Å². The second-order valence-electron chi connectivity index (χ2n) is 12.7. The summed E-state index contributed by atoms with van der Waals surface area (Å²) in [4.78, 5) is 57.6. The van der Waals surface area contributed by atoms with Gasteiger partial charge in [0.2, 0.25) is 11.8 Å². The molecule has 2 aromatic carbocycles. The highest BCUT2D eigenvalue weighted by atomic mass is 32.2. The Kier molecular flexibility index (Phi) is 15.7. The Labute approximate surface area is 300 Å². The van der Waals surface area contributed by atoms with Crippen LogP contribution in [0.2, 0.25) is 0 Å². The molecule has 3 rings (SSSR count). The van der Waals surface area contributed by atoms with Crippen LogP contribution in [0.1, 0.15) is 72.6 Å². The molecule has 13 heteroatoms. The number of hydrogen-bond acceptors (Lipinski definition) is 9. The van der Waals surface area contributed by atoms with E-state index in [-0.39, 0.29) is 42.1 Å². The predicted octanol–water partition coefficient (Wildman–Crippen LogP) is 3.73. The molecule has 3 aromatic rings. The number of nitrogens with one attached hydrogen (secondary N) is 5. The Balaban J connectivity index is 1.84. The van der Waals surface area contributed by atoms with Crippen LogP contribution in [0.15, 0.2) is 72.9 Å². The zero-order chi connectivity index (χ0) is 36.8. The van der Waals surface area contributed by atoms with E-state index in [1.165, 1.54) is 12.1 Å². The summed E-state index contributed by atoms with van der Waals surface area (Å²) in [5.74, 6) is -1.35. The SMILES string of the molecule is CCNC(=O)[C@@H](NC(=O)[C@H](C)NC[C@H](Cc1ccccn1)NC(=O)c1cc(C(=O)N[C@H](C)c2ccccc2)cc(N(C)SN(C)C)c1)C(C)C. The van der Waals surface area contributed by atoms with Gasteiger partial charge in [0.25, 0.3) is 11.8 Å². The minimum Gasteiger partial charge on any atom is -0.355 e. The standard InChI is InChI=1S/C37H52N8O4S/c1-9-38-37(49)33(24(2)3)43-34(46)26(5)40-23-31(22-30-17-13-14-18-39-30)42-36(48)29-19-28(20-32(21-29)45(8)50-44(6)7)35(47)41-25(4)27-15-11-10-12-16-27/h10-21,24-26,31,33,40H,9,22-23H2,1-8H3,(H,38,49)(H,41,47)(H,42,48)(H,43,46)/t25-,26+,31+,33+/m1/s1. The Hall–Kier alpha value is -4.46. The van der Waals surface area contributed by atoms with Crippen LogP contribution in [0.5, 0.6) is 0 Å². The molecule has 270 valence electrons. The molecular formula is C37H52N8O4S. The first-order valence-electron chi connectivity index (χ1n) is 16.9. The molecular weight excluding hydrogens is 653 g/mol. The van der Waals surface area contributed by atoms with E-state index in [0.29, 0.717) is 29.8 Å². The van der Waals surface area contributed by atoms with Crippen molar-refractivity contribution in [2.24, 2.45) is 5.92 Å². The second-order valence-corrected chi connectivity index (χ2v) is 14.2.